The van der Waals surface area contributed by atoms with Gasteiger partial charge in [-0.1, -0.05) is 48.5 Å². The lowest BCUT2D eigenvalue weighted by atomic mass is 10.2. The zero-order valence-corrected chi connectivity index (χ0v) is 19.0. The lowest BCUT2D eigenvalue weighted by Crippen LogP contribution is -2.10. The Kier molecular flexibility index (Phi) is 6.02. The maximum Gasteiger partial charge on any atom is 0.269 e. The van der Waals surface area contributed by atoms with Crippen LogP contribution in [-0.2, 0) is 16.4 Å². The van der Waals surface area contributed by atoms with Gasteiger partial charge in [0.25, 0.3) is 5.69 Å². The number of hydrogen-bond donors (Lipinski definition) is 1. The Morgan fingerprint density at radius 2 is 1.45 bits per heavy atom. The van der Waals surface area contributed by atoms with E-state index >= 15 is 0 Å². The van der Waals surface area contributed by atoms with Gasteiger partial charge in [-0.05, 0) is 49.2 Å². The SMILES string of the molecule is Cc1c(S(=O)(=O)c2ccccc2)c(Nc2ccc([N+](=O)[O-])cc2)n(Cc2ccccc2)c1C. The molecular weight excluding hydrogens is 438 g/mol. The van der Waals surface area contributed by atoms with Crippen LogP contribution in [0, 0.1) is 24.0 Å². The molecular formula is C25H23N3O4S. The van der Waals surface area contributed by atoms with Gasteiger partial charge in [0, 0.05) is 30.1 Å². The minimum atomic E-state index is -3.83. The molecule has 0 radical (unpaired) electrons. The first kappa shape index (κ1) is 22.3. The third kappa shape index (κ3) is 4.38. The maximum atomic E-state index is 13.7. The van der Waals surface area contributed by atoms with Gasteiger partial charge in [-0.15, -0.1) is 0 Å². The number of anilines is 2. The molecule has 0 amide bonds. The van der Waals surface area contributed by atoms with Crippen LogP contribution < -0.4 is 5.32 Å². The van der Waals surface area contributed by atoms with E-state index in [0.717, 1.165) is 11.3 Å². The molecule has 4 aromatic rings. The Morgan fingerprint density at radius 1 is 0.879 bits per heavy atom. The van der Waals surface area contributed by atoms with Gasteiger partial charge in [0.1, 0.15) is 10.7 Å². The second kappa shape index (κ2) is 8.91. The van der Waals surface area contributed by atoms with Gasteiger partial charge in [-0.2, -0.15) is 0 Å². The van der Waals surface area contributed by atoms with Crippen molar-refractivity contribution in [1.29, 1.82) is 0 Å². The Morgan fingerprint density at radius 3 is 2.03 bits per heavy atom. The molecule has 0 saturated carbocycles. The summed E-state index contributed by atoms with van der Waals surface area (Å²) in [5, 5.41) is 14.2. The van der Waals surface area contributed by atoms with Crippen LogP contribution in [0.5, 0.6) is 0 Å². The molecule has 0 aliphatic heterocycles. The number of benzene rings is 3. The molecule has 0 unspecified atom stereocenters. The normalized spacial score (nSPS) is 11.3. The van der Waals surface area contributed by atoms with Gasteiger partial charge < -0.3 is 9.88 Å². The van der Waals surface area contributed by atoms with Gasteiger partial charge in [0.15, 0.2) is 0 Å². The zero-order valence-electron chi connectivity index (χ0n) is 18.2. The van der Waals surface area contributed by atoms with E-state index in [4.69, 9.17) is 0 Å². The van der Waals surface area contributed by atoms with Crippen molar-refractivity contribution in [2.75, 3.05) is 5.32 Å². The summed E-state index contributed by atoms with van der Waals surface area (Å²) in [5.41, 5.74) is 3.00. The highest BCUT2D eigenvalue weighted by atomic mass is 32.2. The summed E-state index contributed by atoms with van der Waals surface area (Å²) in [5.74, 6) is 0.423. The number of nitro groups is 1. The maximum absolute atomic E-state index is 13.7. The average Bonchev–Trinajstić information content (AvgIpc) is 3.05. The predicted octanol–water partition coefficient (Wildman–Crippen LogP) is 5.64. The van der Waals surface area contributed by atoms with E-state index in [1.54, 1.807) is 49.4 Å². The molecule has 4 rings (SSSR count). The number of rotatable bonds is 7. The lowest BCUT2D eigenvalue weighted by molar-refractivity contribution is -0.384. The van der Waals surface area contributed by atoms with Gasteiger partial charge in [0.05, 0.1) is 9.82 Å². The molecule has 0 aliphatic rings. The highest BCUT2D eigenvalue weighted by Gasteiger charge is 2.29. The Hall–Kier alpha value is -3.91. The van der Waals surface area contributed by atoms with Crippen molar-refractivity contribution in [3.63, 3.8) is 0 Å². The molecule has 7 nitrogen and oxygen atoms in total. The Labute approximate surface area is 192 Å². The van der Waals surface area contributed by atoms with Crippen LogP contribution in [0.25, 0.3) is 0 Å². The fraction of sp³-hybridized carbons (Fsp3) is 0.120. The number of nitro benzene ring substituents is 1. The number of nitrogens with zero attached hydrogens (tertiary/aromatic N) is 2. The summed E-state index contributed by atoms with van der Waals surface area (Å²) < 4.78 is 29.3. The fourth-order valence-electron chi connectivity index (χ4n) is 3.77. The van der Waals surface area contributed by atoms with Crippen molar-refractivity contribution in [2.45, 2.75) is 30.2 Å². The van der Waals surface area contributed by atoms with Crippen molar-refractivity contribution >= 4 is 27.0 Å². The van der Waals surface area contributed by atoms with Crippen LogP contribution in [0.1, 0.15) is 16.8 Å². The topological polar surface area (TPSA) is 94.2 Å². The molecule has 0 spiro atoms. The van der Waals surface area contributed by atoms with Crippen LogP contribution >= 0.6 is 0 Å². The van der Waals surface area contributed by atoms with E-state index in [1.165, 1.54) is 12.1 Å². The minimum Gasteiger partial charge on any atom is -0.341 e. The van der Waals surface area contributed by atoms with Gasteiger partial charge in [-0.25, -0.2) is 8.42 Å². The first-order valence-electron chi connectivity index (χ1n) is 10.3. The van der Waals surface area contributed by atoms with Gasteiger partial charge in [0.2, 0.25) is 9.84 Å². The van der Waals surface area contributed by atoms with E-state index in [-0.39, 0.29) is 15.5 Å². The van der Waals surface area contributed by atoms with Crippen LogP contribution in [-0.4, -0.2) is 17.9 Å². The third-order valence-corrected chi connectivity index (χ3v) is 7.55. The summed E-state index contributed by atoms with van der Waals surface area (Å²) in [6, 6.07) is 24.0. The number of hydrogen-bond acceptors (Lipinski definition) is 5. The molecule has 0 bridgehead atoms. The number of aromatic nitrogens is 1. The monoisotopic (exact) mass is 461 g/mol. The Balaban J connectivity index is 1.88. The van der Waals surface area contributed by atoms with E-state index < -0.39 is 14.8 Å². The van der Waals surface area contributed by atoms with Crippen molar-refractivity contribution in [3.8, 4) is 0 Å². The summed E-state index contributed by atoms with van der Waals surface area (Å²) in [7, 11) is -3.83. The summed E-state index contributed by atoms with van der Waals surface area (Å²) >= 11 is 0. The van der Waals surface area contributed by atoms with Crippen molar-refractivity contribution in [3.05, 3.63) is 112 Å². The first-order valence-corrected chi connectivity index (χ1v) is 11.8. The highest BCUT2D eigenvalue weighted by Crippen LogP contribution is 2.37. The lowest BCUT2D eigenvalue weighted by Gasteiger charge is -2.15. The van der Waals surface area contributed by atoms with Crippen molar-refractivity contribution in [1.82, 2.24) is 4.57 Å². The molecule has 0 saturated heterocycles. The molecule has 0 fully saturated rings. The molecule has 33 heavy (non-hydrogen) atoms. The van der Waals surface area contributed by atoms with E-state index in [1.807, 2.05) is 41.8 Å². The largest absolute Gasteiger partial charge is 0.341 e. The summed E-state index contributed by atoms with van der Waals surface area (Å²) in [6.07, 6.45) is 0. The standard InChI is InChI=1S/C25H23N3O4S/c1-18-19(2)27(17-20-9-5-3-6-10-20)25(26-21-13-15-22(16-14-21)28(29)30)24(18)33(31,32)23-11-7-4-8-12-23/h3-16,26H,17H2,1-2H3. The molecule has 1 aromatic heterocycles. The summed E-state index contributed by atoms with van der Waals surface area (Å²) in [4.78, 5) is 10.9. The number of non-ortho nitro benzene ring substituents is 1. The Bertz CT molecular complexity index is 1400. The average molecular weight is 462 g/mol. The van der Waals surface area contributed by atoms with Gasteiger partial charge in [-0.3, -0.25) is 10.1 Å². The molecule has 3 aromatic carbocycles. The van der Waals surface area contributed by atoms with Crippen LogP contribution in [0.3, 0.4) is 0 Å². The van der Waals surface area contributed by atoms with E-state index in [9.17, 15) is 18.5 Å². The molecule has 8 heteroatoms. The molecule has 168 valence electrons. The van der Waals surface area contributed by atoms with Crippen molar-refractivity contribution < 1.29 is 13.3 Å². The highest BCUT2D eigenvalue weighted by molar-refractivity contribution is 7.91. The van der Waals surface area contributed by atoms with Crippen LogP contribution in [0.15, 0.2) is 94.7 Å². The zero-order chi connectivity index (χ0) is 23.6. The quantitative estimate of drug-likeness (QED) is 0.284. The fourth-order valence-corrected chi connectivity index (χ4v) is 5.49. The minimum absolute atomic E-state index is 0.0373. The number of nitrogens with one attached hydrogen (secondary N) is 1. The number of sulfone groups is 1. The smallest absolute Gasteiger partial charge is 0.269 e. The molecule has 0 atom stereocenters. The van der Waals surface area contributed by atoms with Gasteiger partial charge >= 0.3 is 0 Å². The third-order valence-electron chi connectivity index (χ3n) is 5.62. The van der Waals surface area contributed by atoms with Crippen LogP contribution in [0.4, 0.5) is 17.2 Å². The second-order valence-corrected chi connectivity index (χ2v) is 9.59. The van der Waals surface area contributed by atoms with Crippen LogP contribution in [0.2, 0.25) is 0 Å². The molecule has 1 N–H and O–H groups in total. The first-order chi connectivity index (χ1) is 15.8. The second-order valence-electron chi connectivity index (χ2n) is 7.71. The summed E-state index contributed by atoms with van der Waals surface area (Å²) in [6.45, 7) is 4.16. The predicted molar refractivity (Wildman–Crippen MR) is 128 cm³/mol. The van der Waals surface area contributed by atoms with E-state index in [2.05, 4.69) is 5.32 Å². The van der Waals surface area contributed by atoms with Crippen molar-refractivity contribution in [2.24, 2.45) is 0 Å². The van der Waals surface area contributed by atoms with E-state index in [0.29, 0.717) is 23.6 Å². The molecule has 1 heterocycles. The molecule has 0 aliphatic carbocycles.